The standard InChI is InChI=1S/C18H14F3N3O3/c1-26-15-4-2-3-12(16(15)27-18(20)21)17(25)23-11-5-6-14(13(19)9-11)24-8-7-22-10-24/h2-10,18H,1H3,(H,23,25). The Kier molecular flexibility index (Phi) is 5.30. The number of methoxy groups -OCH3 is 1. The molecule has 27 heavy (non-hydrogen) atoms. The fraction of sp³-hybridized carbons (Fsp3) is 0.111. The Bertz CT molecular complexity index is 946. The van der Waals surface area contributed by atoms with Crippen molar-refractivity contribution in [2.45, 2.75) is 6.61 Å². The molecule has 0 aliphatic heterocycles. The fourth-order valence-electron chi connectivity index (χ4n) is 2.46. The highest BCUT2D eigenvalue weighted by Gasteiger charge is 2.20. The number of hydrogen-bond donors (Lipinski definition) is 1. The zero-order chi connectivity index (χ0) is 19.4. The summed E-state index contributed by atoms with van der Waals surface area (Å²) in [5, 5.41) is 2.45. The second-order valence-electron chi connectivity index (χ2n) is 5.31. The maximum absolute atomic E-state index is 14.3. The van der Waals surface area contributed by atoms with Gasteiger partial charge in [0.05, 0.1) is 24.7 Å². The highest BCUT2D eigenvalue weighted by Crippen LogP contribution is 2.33. The van der Waals surface area contributed by atoms with Gasteiger partial charge in [-0.1, -0.05) is 6.07 Å². The first-order valence-electron chi connectivity index (χ1n) is 7.70. The van der Waals surface area contributed by atoms with Crippen LogP contribution in [0.1, 0.15) is 10.4 Å². The van der Waals surface area contributed by atoms with E-state index in [1.807, 2.05) is 0 Å². The summed E-state index contributed by atoms with van der Waals surface area (Å²) in [5.41, 5.74) is 0.217. The van der Waals surface area contributed by atoms with Crippen molar-refractivity contribution in [1.29, 1.82) is 0 Å². The van der Waals surface area contributed by atoms with Crippen LogP contribution >= 0.6 is 0 Å². The van der Waals surface area contributed by atoms with Gasteiger partial charge in [0.2, 0.25) is 0 Å². The molecule has 0 saturated heterocycles. The first kappa shape index (κ1) is 18.3. The lowest BCUT2D eigenvalue weighted by molar-refractivity contribution is -0.0515. The zero-order valence-electron chi connectivity index (χ0n) is 14.0. The van der Waals surface area contributed by atoms with Gasteiger partial charge in [-0.3, -0.25) is 4.79 Å². The van der Waals surface area contributed by atoms with Crippen LogP contribution in [0.4, 0.5) is 18.9 Å². The molecule has 0 bridgehead atoms. The minimum Gasteiger partial charge on any atom is -0.493 e. The van der Waals surface area contributed by atoms with E-state index in [2.05, 4.69) is 15.0 Å². The van der Waals surface area contributed by atoms with Crippen molar-refractivity contribution in [3.05, 3.63) is 66.5 Å². The van der Waals surface area contributed by atoms with Crippen molar-refractivity contribution in [1.82, 2.24) is 9.55 Å². The molecule has 0 atom stereocenters. The number of anilines is 1. The number of para-hydroxylation sites is 1. The monoisotopic (exact) mass is 377 g/mol. The van der Waals surface area contributed by atoms with E-state index in [1.165, 1.54) is 54.5 Å². The van der Waals surface area contributed by atoms with Crippen molar-refractivity contribution in [2.75, 3.05) is 12.4 Å². The number of imidazole rings is 1. The number of ether oxygens (including phenoxy) is 2. The van der Waals surface area contributed by atoms with Gasteiger partial charge in [-0.25, -0.2) is 9.37 Å². The number of halogens is 3. The Morgan fingerprint density at radius 2 is 2.07 bits per heavy atom. The molecule has 3 rings (SSSR count). The zero-order valence-corrected chi connectivity index (χ0v) is 14.0. The molecule has 6 nitrogen and oxygen atoms in total. The third-order valence-corrected chi connectivity index (χ3v) is 3.64. The van der Waals surface area contributed by atoms with Crippen LogP contribution in [-0.2, 0) is 0 Å². The normalized spacial score (nSPS) is 10.7. The lowest BCUT2D eigenvalue weighted by Gasteiger charge is -2.14. The van der Waals surface area contributed by atoms with Crippen molar-refractivity contribution < 1.29 is 27.4 Å². The molecule has 0 aliphatic rings. The molecule has 0 radical (unpaired) electrons. The average molecular weight is 377 g/mol. The molecular formula is C18H14F3N3O3. The molecule has 1 N–H and O–H groups in total. The number of nitrogens with one attached hydrogen (secondary N) is 1. The van der Waals surface area contributed by atoms with Gasteiger partial charge in [-0.05, 0) is 30.3 Å². The molecule has 3 aromatic rings. The van der Waals surface area contributed by atoms with Crippen molar-refractivity contribution >= 4 is 11.6 Å². The minimum absolute atomic E-state index is 0.0235. The van der Waals surface area contributed by atoms with Crippen LogP contribution in [0.5, 0.6) is 11.5 Å². The average Bonchev–Trinajstić information content (AvgIpc) is 3.15. The van der Waals surface area contributed by atoms with E-state index in [4.69, 9.17) is 4.74 Å². The van der Waals surface area contributed by atoms with Crippen LogP contribution in [0, 0.1) is 5.82 Å². The molecule has 2 aromatic carbocycles. The van der Waals surface area contributed by atoms with Crippen molar-refractivity contribution in [3.8, 4) is 17.2 Å². The van der Waals surface area contributed by atoms with E-state index >= 15 is 0 Å². The lowest BCUT2D eigenvalue weighted by atomic mass is 10.1. The van der Waals surface area contributed by atoms with E-state index in [0.29, 0.717) is 0 Å². The molecule has 1 amide bonds. The first-order chi connectivity index (χ1) is 13.0. The van der Waals surface area contributed by atoms with Gasteiger partial charge in [0.1, 0.15) is 5.82 Å². The third kappa shape index (κ3) is 4.02. The minimum atomic E-state index is -3.14. The summed E-state index contributed by atoms with van der Waals surface area (Å²) in [4.78, 5) is 16.3. The molecule has 0 unspecified atom stereocenters. The number of alkyl halides is 2. The SMILES string of the molecule is COc1cccc(C(=O)Nc2ccc(-n3ccnc3)c(F)c2)c1OC(F)F. The summed E-state index contributed by atoms with van der Waals surface area (Å²) in [6.45, 7) is -3.14. The van der Waals surface area contributed by atoms with Crippen LogP contribution in [0.2, 0.25) is 0 Å². The summed E-state index contributed by atoms with van der Waals surface area (Å²) in [7, 11) is 1.26. The first-order valence-corrected chi connectivity index (χ1v) is 7.70. The highest BCUT2D eigenvalue weighted by atomic mass is 19.3. The van der Waals surface area contributed by atoms with Gasteiger partial charge in [-0.15, -0.1) is 0 Å². The number of rotatable bonds is 6. The molecule has 0 fully saturated rings. The molecule has 0 aliphatic carbocycles. The van der Waals surface area contributed by atoms with E-state index in [0.717, 1.165) is 6.07 Å². The van der Waals surface area contributed by atoms with Gasteiger partial charge in [0, 0.05) is 18.1 Å². The molecular weight excluding hydrogens is 363 g/mol. The smallest absolute Gasteiger partial charge is 0.387 e. The number of nitrogens with zero attached hydrogens (tertiary/aromatic N) is 2. The van der Waals surface area contributed by atoms with Gasteiger partial charge in [0.15, 0.2) is 11.5 Å². The number of hydrogen-bond acceptors (Lipinski definition) is 4. The number of amides is 1. The van der Waals surface area contributed by atoms with E-state index in [-0.39, 0.29) is 22.7 Å². The number of aromatic nitrogens is 2. The Morgan fingerprint density at radius 3 is 2.70 bits per heavy atom. The predicted molar refractivity (Wildman–Crippen MR) is 91.1 cm³/mol. The van der Waals surface area contributed by atoms with Gasteiger partial charge in [0.25, 0.3) is 5.91 Å². The highest BCUT2D eigenvalue weighted by molar-refractivity contribution is 6.06. The summed E-state index contributed by atoms with van der Waals surface area (Å²) < 4.78 is 50.5. The summed E-state index contributed by atoms with van der Waals surface area (Å²) in [5.74, 6) is -1.77. The Labute approximate surface area is 152 Å². The van der Waals surface area contributed by atoms with E-state index in [1.54, 1.807) is 6.20 Å². The number of benzene rings is 2. The van der Waals surface area contributed by atoms with E-state index in [9.17, 15) is 18.0 Å². The second kappa shape index (κ2) is 7.81. The Balaban J connectivity index is 1.87. The van der Waals surface area contributed by atoms with Crippen LogP contribution in [0.3, 0.4) is 0 Å². The summed E-state index contributed by atoms with van der Waals surface area (Å²) >= 11 is 0. The van der Waals surface area contributed by atoms with Gasteiger partial charge in [-0.2, -0.15) is 8.78 Å². The topological polar surface area (TPSA) is 65.4 Å². The Hall–Kier alpha value is -3.49. The maximum atomic E-state index is 14.3. The third-order valence-electron chi connectivity index (χ3n) is 3.64. The second-order valence-corrected chi connectivity index (χ2v) is 5.31. The van der Waals surface area contributed by atoms with Gasteiger partial charge >= 0.3 is 6.61 Å². The largest absolute Gasteiger partial charge is 0.493 e. The van der Waals surface area contributed by atoms with Crippen LogP contribution in [0.25, 0.3) is 5.69 Å². The molecule has 1 heterocycles. The van der Waals surface area contributed by atoms with Gasteiger partial charge < -0.3 is 19.4 Å². The number of carbonyl (C=O) groups is 1. The fourth-order valence-corrected chi connectivity index (χ4v) is 2.46. The van der Waals surface area contributed by atoms with Crippen LogP contribution in [-0.4, -0.2) is 29.2 Å². The molecule has 0 spiro atoms. The predicted octanol–water partition coefficient (Wildman–Crippen LogP) is 3.87. The van der Waals surface area contributed by atoms with Crippen LogP contribution in [0.15, 0.2) is 55.1 Å². The molecule has 140 valence electrons. The molecule has 0 saturated carbocycles. The molecule has 9 heteroatoms. The van der Waals surface area contributed by atoms with Crippen molar-refractivity contribution in [3.63, 3.8) is 0 Å². The summed E-state index contributed by atoms with van der Waals surface area (Å²) in [6.07, 6.45) is 4.50. The Morgan fingerprint density at radius 1 is 1.26 bits per heavy atom. The molecule has 1 aromatic heterocycles. The number of carbonyl (C=O) groups excluding carboxylic acids is 1. The maximum Gasteiger partial charge on any atom is 0.387 e. The van der Waals surface area contributed by atoms with Crippen molar-refractivity contribution in [2.24, 2.45) is 0 Å². The quantitative estimate of drug-likeness (QED) is 0.708. The van der Waals surface area contributed by atoms with Crippen LogP contribution < -0.4 is 14.8 Å². The summed E-state index contributed by atoms with van der Waals surface area (Å²) in [6, 6.07) is 8.18. The van der Waals surface area contributed by atoms with E-state index < -0.39 is 24.1 Å². The lowest BCUT2D eigenvalue weighted by Crippen LogP contribution is -2.16.